The maximum Gasteiger partial charge on any atom is 2.00 e. The Bertz CT molecular complexity index is 1440. The van der Waals surface area contributed by atoms with Gasteiger partial charge in [-0.3, -0.25) is 0 Å². The molecule has 6 aromatic rings. The van der Waals surface area contributed by atoms with Crippen LogP contribution in [-0.2, 0) is 34.6 Å². The molecule has 3 heteroatoms. The van der Waals surface area contributed by atoms with Crippen LogP contribution in [0.25, 0.3) is 43.1 Å². The van der Waals surface area contributed by atoms with Gasteiger partial charge in [-0.25, -0.2) is 0 Å². The molecule has 40 heavy (non-hydrogen) atoms. The van der Waals surface area contributed by atoms with Crippen molar-refractivity contribution in [3.8, 4) is 0 Å². The summed E-state index contributed by atoms with van der Waals surface area (Å²) in [5.74, 6) is 0. The van der Waals surface area contributed by atoms with E-state index in [1.54, 1.807) is 0 Å². The van der Waals surface area contributed by atoms with Gasteiger partial charge in [0.25, 0.3) is 0 Å². The molecule has 0 spiro atoms. The van der Waals surface area contributed by atoms with Crippen LogP contribution in [0.4, 0.5) is 0 Å². The predicted molar refractivity (Wildman–Crippen MR) is 167 cm³/mol. The zero-order chi connectivity index (χ0) is 26.0. The van der Waals surface area contributed by atoms with E-state index in [4.69, 9.17) is 0 Å². The third-order valence-electron chi connectivity index (χ3n) is 6.99. The molecular weight excluding hydrogens is 563 g/mol. The van der Waals surface area contributed by atoms with Crippen LogP contribution in [0, 0.1) is 13.8 Å². The van der Waals surface area contributed by atoms with Crippen molar-refractivity contribution in [1.29, 1.82) is 0 Å². The molecule has 0 aliphatic carbocycles. The smallest absolute Gasteiger partial charge is 1.00 e. The van der Waals surface area contributed by atoms with E-state index in [-0.39, 0.29) is 46.5 Å². The SMILES string of the molecule is CCCCc1cc2c(ccc3ccccc32)[cH-]1.CCCCc1cc2c(ccc3ccccc32)[cH-]1.[CH2-]C[CH2-].[Cl-].[Cl-].[Ti+2]. The molecule has 210 valence electrons. The fourth-order valence-corrected chi connectivity index (χ4v) is 5.10. The summed E-state index contributed by atoms with van der Waals surface area (Å²) < 4.78 is 0. The minimum atomic E-state index is 0. The standard InChI is InChI=1S/2C17H17.C3H6.2ClH.Ti/c2*1-2-3-6-13-11-15-10-9-14-7-4-5-8-16(14)17(15)12-13;1-3-2;;;/h2*4-5,7-12H,2-3,6H2,1H3;1-3H2;2*1H;/q2*-1;-2;;;+2/p-2. The normalized spacial score (nSPS) is 10.1. The maximum absolute atomic E-state index is 3.38. The zero-order valence-electron chi connectivity index (χ0n) is 23.9. The molecule has 0 aliphatic heterocycles. The zero-order valence-corrected chi connectivity index (χ0v) is 26.9. The number of hydrogen-bond donors (Lipinski definition) is 0. The molecule has 0 saturated heterocycles. The number of benzene rings is 4. The summed E-state index contributed by atoms with van der Waals surface area (Å²) in [6, 6.07) is 35.6. The Morgan fingerprint density at radius 3 is 1.30 bits per heavy atom. The van der Waals surface area contributed by atoms with Gasteiger partial charge in [0, 0.05) is 0 Å². The molecule has 0 aliphatic rings. The van der Waals surface area contributed by atoms with Gasteiger partial charge in [0.05, 0.1) is 0 Å². The van der Waals surface area contributed by atoms with Gasteiger partial charge in [-0.1, -0.05) is 111 Å². The molecule has 6 rings (SSSR count). The van der Waals surface area contributed by atoms with Gasteiger partial charge in [0.15, 0.2) is 0 Å². The van der Waals surface area contributed by atoms with Crippen LogP contribution in [0.5, 0.6) is 0 Å². The fraction of sp³-hybridized carbons (Fsp3) is 0.243. The molecule has 0 bridgehead atoms. The van der Waals surface area contributed by atoms with Gasteiger partial charge in [-0.15, -0.1) is 56.9 Å². The van der Waals surface area contributed by atoms with E-state index in [2.05, 4.69) is 125 Å². The summed E-state index contributed by atoms with van der Waals surface area (Å²) in [6.07, 6.45) is 8.27. The molecule has 6 aromatic carbocycles. The molecule has 0 unspecified atom stereocenters. The summed E-state index contributed by atoms with van der Waals surface area (Å²) in [7, 11) is 0. The van der Waals surface area contributed by atoms with Crippen LogP contribution in [0.2, 0.25) is 0 Å². The largest absolute Gasteiger partial charge is 2.00 e. The molecule has 0 N–H and O–H groups in total. The maximum atomic E-state index is 3.38. The van der Waals surface area contributed by atoms with Gasteiger partial charge in [-0.2, -0.15) is 12.1 Å². The molecule has 0 saturated carbocycles. The van der Waals surface area contributed by atoms with Crippen molar-refractivity contribution in [2.75, 3.05) is 0 Å². The first-order valence-electron chi connectivity index (χ1n) is 13.9. The summed E-state index contributed by atoms with van der Waals surface area (Å²) in [5, 5.41) is 11.0. The Morgan fingerprint density at radius 1 is 0.550 bits per heavy atom. The van der Waals surface area contributed by atoms with E-state index < -0.39 is 0 Å². The van der Waals surface area contributed by atoms with Crippen LogP contribution in [-0.4, -0.2) is 0 Å². The minimum Gasteiger partial charge on any atom is -1.00 e. The Morgan fingerprint density at radius 2 is 0.925 bits per heavy atom. The Kier molecular flexibility index (Phi) is 16.5. The number of hydrogen-bond acceptors (Lipinski definition) is 0. The van der Waals surface area contributed by atoms with E-state index in [0.29, 0.717) is 0 Å². The molecule has 0 atom stereocenters. The van der Waals surface area contributed by atoms with E-state index in [1.165, 1.54) is 92.7 Å². The van der Waals surface area contributed by atoms with Crippen molar-refractivity contribution >= 4 is 43.1 Å². The van der Waals surface area contributed by atoms with Gasteiger partial charge >= 0.3 is 21.7 Å². The van der Waals surface area contributed by atoms with Gasteiger partial charge in [-0.05, 0) is 23.6 Å². The summed E-state index contributed by atoms with van der Waals surface area (Å²) >= 11 is 0. The second kappa shape index (κ2) is 18.4. The van der Waals surface area contributed by atoms with Crippen molar-refractivity contribution < 1.29 is 46.5 Å². The van der Waals surface area contributed by atoms with Crippen molar-refractivity contribution in [2.24, 2.45) is 0 Å². The average molecular weight is 604 g/mol. The van der Waals surface area contributed by atoms with E-state index in [1.807, 2.05) is 0 Å². The second-order valence-electron chi connectivity index (χ2n) is 9.87. The third kappa shape index (κ3) is 8.96. The minimum absolute atomic E-state index is 0. The molecule has 0 amide bonds. The fourth-order valence-electron chi connectivity index (χ4n) is 5.10. The Balaban J connectivity index is 0.000000341. The number of unbranched alkanes of at least 4 members (excludes halogenated alkanes) is 2. The Hall–Kier alpha value is -2.09. The van der Waals surface area contributed by atoms with E-state index >= 15 is 0 Å². The van der Waals surface area contributed by atoms with Gasteiger partial charge in [0.1, 0.15) is 0 Å². The molecular formula is C37H40Cl2Ti-4. The topological polar surface area (TPSA) is 0 Å². The van der Waals surface area contributed by atoms with Crippen molar-refractivity contribution in [3.05, 3.63) is 122 Å². The van der Waals surface area contributed by atoms with Crippen LogP contribution in [0.3, 0.4) is 0 Å². The van der Waals surface area contributed by atoms with Crippen LogP contribution in [0.1, 0.15) is 57.1 Å². The first kappa shape index (κ1) is 35.9. The van der Waals surface area contributed by atoms with E-state index in [0.717, 1.165) is 6.42 Å². The van der Waals surface area contributed by atoms with Crippen LogP contribution in [0.15, 0.2) is 97.1 Å². The number of fused-ring (bicyclic) bond motifs is 6. The van der Waals surface area contributed by atoms with Crippen molar-refractivity contribution in [2.45, 2.75) is 58.8 Å². The Labute approximate surface area is 269 Å². The summed E-state index contributed by atoms with van der Waals surface area (Å²) in [5.41, 5.74) is 2.97. The number of aryl methyl sites for hydroxylation is 2. The number of rotatable bonds is 6. The molecule has 0 fully saturated rings. The van der Waals surface area contributed by atoms with Gasteiger partial charge in [0.2, 0.25) is 0 Å². The quantitative estimate of drug-likeness (QED) is 0.182. The van der Waals surface area contributed by atoms with Crippen LogP contribution < -0.4 is 24.8 Å². The number of halogens is 2. The average Bonchev–Trinajstić information content (AvgIpc) is 3.56. The summed E-state index contributed by atoms with van der Waals surface area (Å²) in [4.78, 5) is 0. The molecule has 0 radical (unpaired) electrons. The third-order valence-corrected chi connectivity index (χ3v) is 6.99. The summed E-state index contributed by atoms with van der Waals surface area (Å²) in [6.45, 7) is 11.2. The first-order chi connectivity index (χ1) is 18.2. The molecule has 0 nitrogen and oxygen atoms in total. The monoisotopic (exact) mass is 602 g/mol. The molecule has 0 heterocycles. The predicted octanol–water partition coefficient (Wildman–Crippen LogP) is 5.16. The van der Waals surface area contributed by atoms with Crippen LogP contribution >= 0.6 is 0 Å². The van der Waals surface area contributed by atoms with Crippen molar-refractivity contribution in [1.82, 2.24) is 0 Å². The molecule has 0 aromatic heterocycles. The van der Waals surface area contributed by atoms with Crippen molar-refractivity contribution in [3.63, 3.8) is 0 Å². The van der Waals surface area contributed by atoms with E-state index in [9.17, 15) is 0 Å². The van der Waals surface area contributed by atoms with Gasteiger partial charge < -0.3 is 45.1 Å². The second-order valence-corrected chi connectivity index (χ2v) is 9.87. The first-order valence-corrected chi connectivity index (χ1v) is 13.9.